The average Bonchev–Trinajstić information content (AvgIpc) is 3.17. The maximum atomic E-state index is 13.6. The molecule has 1 fully saturated rings. The number of halogens is 2. The minimum Gasteiger partial charge on any atom is -0.351 e. The highest BCUT2D eigenvalue weighted by Crippen LogP contribution is 2.23. The Morgan fingerprint density at radius 1 is 0.935 bits per heavy atom. The van der Waals surface area contributed by atoms with E-state index in [4.69, 9.17) is 5.73 Å². The third-order valence-electron chi connectivity index (χ3n) is 5.24. The number of nitrogens with zero attached hydrogens (tertiary/aromatic N) is 2. The number of hydrogen-bond acceptors (Lipinski definition) is 4. The van der Waals surface area contributed by atoms with Crippen LogP contribution in [0.25, 0.3) is 0 Å². The van der Waals surface area contributed by atoms with Crippen molar-refractivity contribution < 1.29 is 23.2 Å². The normalized spacial score (nSPS) is 15.8. The van der Waals surface area contributed by atoms with Gasteiger partial charge in [-0.1, -0.05) is 6.07 Å². The Balaban J connectivity index is 1.94. The summed E-state index contributed by atoms with van der Waals surface area (Å²) >= 11 is 0. The fourth-order valence-electron chi connectivity index (χ4n) is 3.51. The molecule has 1 heterocycles. The molecule has 3 amide bonds. The standard InChI is InChI=1S/C22H24F2N4O3/c1-13-3-4-15(9-14(13)2)21(30)27-7-8-28(20(27)19(29)26-6-5-25)22(31)16-10-17(23)12-18(24)11-16/h3-4,9-12,20H,5-8,25H2,1-2H3,(H,26,29). The van der Waals surface area contributed by atoms with Gasteiger partial charge in [0.2, 0.25) is 0 Å². The van der Waals surface area contributed by atoms with E-state index in [2.05, 4.69) is 5.32 Å². The van der Waals surface area contributed by atoms with Crippen molar-refractivity contribution in [1.29, 1.82) is 0 Å². The van der Waals surface area contributed by atoms with E-state index in [0.717, 1.165) is 28.2 Å². The van der Waals surface area contributed by atoms with Crippen LogP contribution in [-0.2, 0) is 4.79 Å². The van der Waals surface area contributed by atoms with E-state index in [0.29, 0.717) is 11.6 Å². The van der Waals surface area contributed by atoms with Gasteiger partial charge >= 0.3 is 0 Å². The van der Waals surface area contributed by atoms with Gasteiger partial charge in [-0.05, 0) is 49.2 Å². The topological polar surface area (TPSA) is 95.7 Å². The maximum Gasteiger partial charge on any atom is 0.263 e. The van der Waals surface area contributed by atoms with E-state index in [1.54, 1.807) is 18.2 Å². The number of nitrogens with two attached hydrogens (primary N) is 1. The molecule has 0 radical (unpaired) electrons. The fraction of sp³-hybridized carbons (Fsp3) is 0.318. The van der Waals surface area contributed by atoms with Gasteiger partial charge in [0.1, 0.15) is 11.6 Å². The molecule has 31 heavy (non-hydrogen) atoms. The number of nitrogens with one attached hydrogen (secondary N) is 1. The molecule has 1 atom stereocenters. The minimum atomic E-state index is -1.26. The van der Waals surface area contributed by atoms with Gasteiger partial charge < -0.3 is 20.9 Å². The lowest BCUT2D eigenvalue weighted by molar-refractivity contribution is -0.128. The molecule has 0 saturated carbocycles. The lowest BCUT2D eigenvalue weighted by Gasteiger charge is -2.29. The molecule has 0 aliphatic carbocycles. The van der Waals surface area contributed by atoms with Gasteiger partial charge in [-0.2, -0.15) is 0 Å². The van der Waals surface area contributed by atoms with Crippen LogP contribution in [0, 0.1) is 25.5 Å². The summed E-state index contributed by atoms with van der Waals surface area (Å²) in [6, 6.07) is 7.63. The molecule has 1 saturated heterocycles. The van der Waals surface area contributed by atoms with Crippen LogP contribution in [0.2, 0.25) is 0 Å². The van der Waals surface area contributed by atoms with Crippen LogP contribution in [0.1, 0.15) is 31.8 Å². The number of amides is 3. The molecule has 1 aliphatic heterocycles. The summed E-state index contributed by atoms with van der Waals surface area (Å²) in [7, 11) is 0. The van der Waals surface area contributed by atoms with Crippen LogP contribution in [-0.4, -0.2) is 59.9 Å². The summed E-state index contributed by atoms with van der Waals surface area (Å²) in [4.78, 5) is 41.4. The first-order chi connectivity index (χ1) is 14.7. The molecule has 3 rings (SSSR count). The van der Waals surface area contributed by atoms with Crippen LogP contribution in [0.5, 0.6) is 0 Å². The van der Waals surface area contributed by atoms with E-state index in [1.165, 1.54) is 4.90 Å². The molecule has 9 heteroatoms. The van der Waals surface area contributed by atoms with Gasteiger partial charge in [0.25, 0.3) is 17.7 Å². The smallest absolute Gasteiger partial charge is 0.263 e. The highest BCUT2D eigenvalue weighted by molar-refractivity contribution is 6.02. The Morgan fingerprint density at radius 3 is 2.06 bits per heavy atom. The highest BCUT2D eigenvalue weighted by Gasteiger charge is 2.43. The monoisotopic (exact) mass is 430 g/mol. The van der Waals surface area contributed by atoms with Crippen LogP contribution in [0.4, 0.5) is 8.78 Å². The second-order valence-corrected chi connectivity index (χ2v) is 7.41. The van der Waals surface area contributed by atoms with E-state index >= 15 is 0 Å². The van der Waals surface area contributed by atoms with Gasteiger partial charge in [-0.3, -0.25) is 14.4 Å². The molecular weight excluding hydrogens is 406 g/mol. The highest BCUT2D eigenvalue weighted by atomic mass is 19.1. The van der Waals surface area contributed by atoms with E-state index in [-0.39, 0.29) is 31.7 Å². The third-order valence-corrected chi connectivity index (χ3v) is 5.24. The Bertz CT molecular complexity index is 1010. The number of rotatable bonds is 5. The molecule has 164 valence electrons. The SMILES string of the molecule is Cc1ccc(C(=O)N2CCN(C(=O)c3cc(F)cc(F)c3)C2C(=O)NCCN)cc1C. The summed E-state index contributed by atoms with van der Waals surface area (Å²) < 4.78 is 27.3. The first-order valence-corrected chi connectivity index (χ1v) is 9.86. The van der Waals surface area contributed by atoms with Crippen molar-refractivity contribution in [1.82, 2.24) is 15.1 Å². The van der Waals surface area contributed by atoms with Crippen molar-refractivity contribution in [2.75, 3.05) is 26.2 Å². The molecule has 0 spiro atoms. The molecule has 1 unspecified atom stereocenters. The molecule has 2 aromatic carbocycles. The second-order valence-electron chi connectivity index (χ2n) is 7.41. The second kappa shape index (κ2) is 9.22. The van der Waals surface area contributed by atoms with Crippen LogP contribution >= 0.6 is 0 Å². The lowest BCUT2D eigenvalue weighted by Crippen LogP contribution is -2.54. The molecule has 0 bridgehead atoms. The molecule has 0 aromatic heterocycles. The Morgan fingerprint density at radius 2 is 1.52 bits per heavy atom. The van der Waals surface area contributed by atoms with Crippen LogP contribution in [0.3, 0.4) is 0 Å². The zero-order valence-electron chi connectivity index (χ0n) is 17.3. The van der Waals surface area contributed by atoms with Crippen molar-refractivity contribution in [2.24, 2.45) is 5.73 Å². The van der Waals surface area contributed by atoms with E-state index < -0.39 is 35.5 Å². The van der Waals surface area contributed by atoms with Crippen molar-refractivity contribution in [3.8, 4) is 0 Å². The van der Waals surface area contributed by atoms with Crippen LogP contribution in [0.15, 0.2) is 36.4 Å². The Labute approximate surface area is 178 Å². The fourth-order valence-corrected chi connectivity index (χ4v) is 3.51. The number of carbonyl (C=O) groups is 3. The van der Waals surface area contributed by atoms with E-state index in [9.17, 15) is 23.2 Å². The molecule has 3 N–H and O–H groups in total. The van der Waals surface area contributed by atoms with Gasteiger partial charge in [-0.15, -0.1) is 0 Å². The van der Waals surface area contributed by atoms with Crippen molar-refractivity contribution in [2.45, 2.75) is 20.0 Å². The third kappa shape index (κ3) is 4.72. The Hall–Kier alpha value is -3.33. The molecule has 7 nitrogen and oxygen atoms in total. The molecule has 1 aliphatic rings. The van der Waals surface area contributed by atoms with Gasteiger partial charge in [0, 0.05) is 43.4 Å². The Kier molecular flexibility index (Phi) is 6.65. The summed E-state index contributed by atoms with van der Waals surface area (Å²) in [6.45, 7) is 4.24. The minimum absolute atomic E-state index is 0.0360. The van der Waals surface area contributed by atoms with Crippen molar-refractivity contribution >= 4 is 17.7 Å². The van der Waals surface area contributed by atoms with Crippen molar-refractivity contribution in [3.05, 3.63) is 70.3 Å². The zero-order valence-corrected chi connectivity index (χ0v) is 17.3. The lowest BCUT2D eigenvalue weighted by atomic mass is 10.1. The largest absolute Gasteiger partial charge is 0.351 e. The van der Waals surface area contributed by atoms with Crippen LogP contribution < -0.4 is 11.1 Å². The first-order valence-electron chi connectivity index (χ1n) is 9.86. The first kappa shape index (κ1) is 22.4. The number of benzene rings is 2. The quantitative estimate of drug-likeness (QED) is 0.753. The molecule has 2 aromatic rings. The average molecular weight is 430 g/mol. The number of hydrogen-bond donors (Lipinski definition) is 2. The summed E-state index contributed by atoms with van der Waals surface area (Å²) in [6.07, 6.45) is -1.26. The molecular formula is C22H24F2N4O3. The zero-order chi connectivity index (χ0) is 22.7. The summed E-state index contributed by atoms with van der Waals surface area (Å²) in [5, 5.41) is 2.59. The number of carbonyl (C=O) groups excluding carboxylic acids is 3. The van der Waals surface area contributed by atoms with Gasteiger partial charge in [-0.25, -0.2) is 8.78 Å². The van der Waals surface area contributed by atoms with Gasteiger partial charge in [0.05, 0.1) is 0 Å². The number of aryl methyl sites for hydroxylation is 2. The summed E-state index contributed by atoms with van der Waals surface area (Å²) in [5.74, 6) is -3.58. The van der Waals surface area contributed by atoms with Gasteiger partial charge in [0.15, 0.2) is 6.17 Å². The predicted molar refractivity (Wildman–Crippen MR) is 110 cm³/mol. The maximum absolute atomic E-state index is 13.6. The summed E-state index contributed by atoms with van der Waals surface area (Å²) in [5.41, 5.74) is 7.52. The predicted octanol–water partition coefficient (Wildman–Crippen LogP) is 1.58. The van der Waals surface area contributed by atoms with E-state index in [1.807, 2.05) is 13.8 Å². The van der Waals surface area contributed by atoms with Crippen molar-refractivity contribution in [3.63, 3.8) is 0 Å².